The lowest BCUT2D eigenvalue weighted by molar-refractivity contribution is 0.317. The molecule has 36 heteroatoms. The number of aromatic nitrogens is 3. The highest BCUT2D eigenvalue weighted by Crippen LogP contribution is 2.46. The highest BCUT2D eigenvalue weighted by atomic mass is 32.2. The Bertz CT molecular complexity index is 4660. The van der Waals surface area contributed by atoms with Gasteiger partial charge in [0.1, 0.15) is 61.3 Å². The Hall–Kier alpha value is -7.41. The van der Waals surface area contributed by atoms with E-state index in [1.807, 2.05) is 6.07 Å². The lowest BCUT2D eigenvalue weighted by Gasteiger charge is -2.12. The zero-order valence-corrected chi connectivity index (χ0v) is 47.6. The van der Waals surface area contributed by atoms with Gasteiger partial charge >= 0.3 is 0 Å². The summed E-state index contributed by atoms with van der Waals surface area (Å²) in [5.74, 6) is -2.14. The van der Waals surface area contributed by atoms with Crippen molar-refractivity contribution in [1.82, 2.24) is 14.4 Å². The van der Waals surface area contributed by atoms with Crippen LogP contribution < -0.4 is 14.2 Å². The van der Waals surface area contributed by atoms with E-state index in [-0.39, 0.29) is 119 Å². The van der Waals surface area contributed by atoms with E-state index in [1.54, 1.807) is 6.92 Å². The smallest absolute Gasteiger partial charge is 0.298 e. The normalized spacial score (nSPS) is 13.0. The van der Waals surface area contributed by atoms with Gasteiger partial charge in [0.2, 0.25) is 11.0 Å². The molecule has 5 aromatic carbocycles. The third-order valence-electron chi connectivity index (χ3n) is 11.6. The van der Waals surface area contributed by atoms with Crippen molar-refractivity contribution in [2.75, 3.05) is 38.1 Å². The standard InChI is InChI=1S/C45H40N10O19S7/c1-22-13-30(50-53-40-23(2)27(21-46)43-47-29-19-38(80(66,67)68)36(73-4)20-33(29)55(43)44(40)56)35(74-9-5-11-77(57,58)59)16-28(22)49-52-32-17-34(72-3)31(18-37(32)75-10-6-12-78(60,61)62)51-54-45-48-41-39(81(69,70)71)15-24-14-25(79(63,64)65)7-8-26(24)42(41)76-45/h7-8,13-20,56H,5-6,9-12H2,1-4H3,(H,57,58,59)(H,60,61,62)(H,63,64,65)(H,66,67,68)(H,69,70,71). The molecule has 0 aliphatic rings. The second kappa shape index (κ2) is 22.9. The summed E-state index contributed by atoms with van der Waals surface area (Å²) in [5, 5.41) is 48.1. The average Bonchev–Trinajstić information content (AvgIpc) is 4.24. The fraction of sp³-hybridized carbons (Fsp3) is 0.222. The van der Waals surface area contributed by atoms with E-state index in [2.05, 4.69) is 40.7 Å². The van der Waals surface area contributed by atoms with Crippen LogP contribution in [0.4, 0.5) is 33.6 Å². The Balaban J connectivity index is 1.19. The molecule has 0 unspecified atom stereocenters. The fourth-order valence-corrected chi connectivity index (χ4v) is 12.8. The second-order valence-electron chi connectivity index (χ2n) is 17.1. The summed E-state index contributed by atoms with van der Waals surface area (Å²) in [6.07, 6.45) is -0.241. The van der Waals surface area contributed by atoms with Crippen LogP contribution in [0, 0.1) is 25.2 Å². The number of ether oxygens (including phenoxy) is 3. The Kier molecular flexibility index (Phi) is 16.8. The third-order valence-corrected chi connectivity index (χ3v) is 17.9. The van der Waals surface area contributed by atoms with Crippen molar-refractivity contribution in [2.45, 2.75) is 46.3 Å². The maximum atomic E-state index is 12.5. The Morgan fingerprint density at radius 3 is 1.95 bits per heavy atom. The number of pyridine rings is 1. The highest BCUT2D eigenvalue weighted by Gasteiger charge is 2.26. The molecule has 6 N–H and O–H groups in total. The number of nitriles is 1. The van der Waals surface area contributed by atoms with E-state index in [9.17, 15) is 75.2 Å². The largest absolute Gasteiger partial charge is 0.495 e. The number of hydrogen-bond acceptors (Lipinski definition) is 25. The van der Waals surface area contributed by atoms with Gasteiger partial charge in [0, 0.05) is 34.0 Å². The van der Waals surface area contributed by atoms with Gasteiger partial charge in [-0.15, -0.1) is 37.3 Å². The lowest BCUT2D eigenvalue weighted by Crippen LogP contribution is -2.08. The molecule has 0 bridgehead atoms. The molecule has 0 fully saturated rings. The Morgan fingerprint density at radius 2 is 1.31 bits per heavy atom. The molecule has 0 aliphatic carbocycles. The van der Waals surface area contributed by atoms with Crippen LogP contribution in [0.5, 0.6) is 23.1 Å². The van der Waals surface area contributed by atoms with Crippen LogP contribution in [-0.4, -0.2) is 122 Å². The monoisotopic (exact) mass is 1250 g/mol. The molecule has 29 nitrogen and oxygen atoms in total. The molecule has 426 valence electrons. The van der Waals surface area contributed by atoms with Crippen LogP contribution in [0.15, 0.2) is 111 Å². The van der Waals surface area contributed by atoms with E-state index in [0.717, 1.165) is 58.9 Å². The van der Waals surface area contributed by atoms with Gasteiger partial charge in [0.15, 0.2) is 11.3 Å². The van der Waals surface area contributed by atoms with E-state index >= 15 is 0 Å². The van der Waals surface area contributed by atoms with Crippen molar-refractivity contribution >= 4 is 145 Å². The molecule has 0 spiro atoms. The summed E-state index contributed by atoms with van der Waals surface area (Å²) in [6, 6.07) is 14.2. The second-order valence-corrected chi connectivity index (χ2v) is 26.5. The number of methoxy groups -OCH3 is 2. The SMILES string of the molecule is COc1cc(N=Nc2cc(OCCCS(=O)(=O)O)c(N=Nc3c(C)c(C#N)c4nc5cc(S(=O)(=O)O)c(OC)cc5n4c3O)cc2C)c(SCCCS(=O)(=O)O)cc1N=Nc1nc2c(S(=O)(=O)O)cc3cc(S(=O)(=O)O)ccc3c2s1. The van der Waals surface area contributed by atoms with Crippen LogP contribution in [0.25, 0.3) is 37.7 Å². The highest BCUT2D eigenvalue weighted by molar-refractivity contribution is 7.99. The lowest BCUT2D eigenvalue weighted by atomic mass is 10.1. The van der Waals surface area contributed by atoms with E-state index in [0.29, 0.717) is 15.8 Å². The van der Waals surface area contributed by atoms with E-state index in [1.165, 1.54) is 50.4 Å². The predicted molar refractivity (Wildman–Crippen MR) is 292 cm³/mol. The molecule has 0 atom stereocenters. The first kappa shape index (κ1) is 59.7. The van der Waals surface area contributed by atoms with Crippen molar-refractivity contribution in [1.29, 1.82) is 5.26 Å². The summed E-state index contributed by atoms with van der Waals surface area (Å²) >= 11 is 1.89. The molecule has 8 rings (SSSR count). The van der Waals surface area contributed by atoms with Gasteiger partial charge in [-0.2, -0.15) is 52.5 Å². The van der Waals surface area contributed by atoms with Gasteiger partial charge in [-0.05, 0) is 79.8 Å². The molecular formula is C45H40N10O19S7. The first-order valence-electron chi connectivity index (χ1n) is 22.6. The molecular weight excluding hydrogens is 1210 g/mol. The molecule has 3 aromatic heterocycles. The molecule has 0 saturated heterocycles. The first-order valence-corrected chi connectivity index (χ1v) is 32.0. The van der Waals surface area contributed by atoms with Gasteiger partial charge in [0.05, 0.1) is 58.6 Å². The van der Waals surface area contributed by atoms with Crippen molar-refractivity contribution in [2.24, 2.45) is 30.7 Å². The van der Waals surface area contributed by atoms with Crippen molar-refractivity contribution in [3.05, 3.63) is 77.4 Å². The quantitative estimate of drug-likeness (QED) is 0.0169. The fourth-order valence-electron chi connectivity index (χ4n) is 7.87. The van der Waals surface area contributed by atoms with Crippen molar-refractivity contribution in [3.63, 3.8) is 0 Å². The van der Waals surface area contributed by atoms with Crippen molar-refractivity contribution in [3.8, 4) is 29.2 Å². The number of rotatable bonds is 21. The number of thioether (sulfide) groups is 1. The van der Waals surface area contributed by atoms with Gasteiger partial charge < -0.3 is 19.3 Å². The zero-order chi connectivity index (χ0) is 59.1. The molecule has 0 saturated carbocycles. The average molecular weight is 1250 g/mol. The summed E-state index contributed by atoms with van der Waals surface area (Å²) in [4.78, 5) is 7.04. The first-order chi connectivity index (χ1) is 37.9. The number of hydrogen-bond donors (Lipinski definition) is 6. The maximum Gasteiger partial charge on any atom is 0.298 e. The summed E-state index contributed by atoms with van der Waals surface area (Å²) < 4.78 is 186. The molecule has 0 radical (unpaired) electrons. The molecule has 81 heavy (non-hydrogen) atoms. The molecule has 8 aromatic rings. The summed E-state index contributed by atoms with van der Waals surface area (Å²) in [7, 11) is -20.8. The number of thiazole rings is 1. The molecule has 0 aliphatic heterocycles. The summed E-state index contributed by atoms with van der Waals surface area (Å²) in [6.45, 7) is 2.72. The van der Waals surface area contributed by atoms with E-state index in [4.69, 9.17) is 14.2 Å². The van der Waals surface area contributed by atoms with Gasteiger partial charge in [-0.3, -0.25) is 27.2 Å². The number of nitrogens with zero attached hydrogens (tertiary/aromatic N) is 10. The topological polar surface area (TPSA) is 448 Å². The predicted octanol–water partition coefficient (Wildman–Crippen LogP) is 9.47. The van der Waals surface area contributed by atoms with Gasteiger partial charge in [-0.25, -0.2) is 9.97 Å². The summed E-state index contributed by atoms with van der Waals surface area (Å²) in [5.41, 5.74) is -0.0185. The maximum absolute atomic E-state index is 12.5. The number of benzene rings is 5. The minimum Gasteiger partial charge on any atom is -0.495 e. The zero-order valence-electron chi connectivity index (χ0n) is 41.8. The van der Waals surface area contributed by atoms with Crippen LogP contribution >= 0.6 is 23.1 Å². The van der Waals surface area contributed by atoms with Crippen LogP contribution in [-0.2, 0) is 50.6 Å². The van der Waals surface area contributed by atoms with Crippen LogP contribution in [0.2, 0.25) is 0 Å². The van der Waals surface area contributed by atoms with Crippen molar-refractivity contribution < 1.29 is 84.2 Å². The molecule has 3 heterocycles. The van der Waals surface area contributed by atoms with Crippen LogP contribution in [0.3, 0.4) is 0 Å². The minimum atomic E-state index is -4.96. The van der Waals surface area contributed by atoms with Crippen LogP contribution in [0.1, 0.15) is 29.5 Å². The minimum absolute atomic E-state index is 0.0183. The van der Waals surface area contributed by atoms with Gasteiger partial charge in [-0.1, -0.05) is 17.4 Å². The number of aryl methyl sites for hydroxylation is 1. The third kappa shape index (κ3) is 13.4. The van der Waals surface area contributed by atoms with E-state index < -0.39 is 82.7 Å². The molecule has 0 amide bonds. The van der Waals surface area contributed by atoms with Gasteiger partial charge in [0.25, 0.3) is 50.6 Å². The Labute approximate surface area is 467 Å². The number of fused-ring (bicyclic) bond motifs is 6. The number of azo groups is 3. The Morgan fingerprint density at radius 1 is 0.679 bits per heavy atom. The number of imidazole rings is 1. The number of aromatic hydroxyl groups is 1.